The molecule has 3 nitrogen and oxygen atoms in total. The smallest absolute Gasteiger partial charge is 0.337 e. The number of halogens is 2. The lowest BCUT2D eigenvalue weighted by Crippen LogP contribution is -2.00. The SMILES string of the molecule is COC(=O)c1ccc(-c2cccc(C#Cc3cc(F)ccc3N)c2)c(Cl)c1. The number of esters is 1. The quantitative estimate of drug-likeness (QED) is 0.391. The Balaban J connectivity index is 1.94. The van der Waals surface area contributed by atoms with Crippen LogP contribution in [-0.2, 0) is 4.74 Å². The lowest BCUT2D eigenvalue weighted by Gasteiger charge is -2.07. The predicted molar refractivity (Wildman–Crippen MR) is 105 cm³/mol. The Hall–Kier alpha value is -3.29. The largest absolute Gasteiger partial charge is 0.465 e. The van der Waals surface area contributed by atoms with Gasteiger partial charge in [-0.1, -0.05) is 41.6 Å². The van der Waals surface area contributed by atoms with Gasteiger partial charge < -0.3 is 10.5 Å². The van der Waals surface area contributed by atoms with Crippen LogP contribution in [0.1, 0.15) is 21.5 Å². The summed E-state index contributed by atoms with van der Waals surface area (Å²) in [5.74, 6) is 5.03. The molecular formula is C22H15ClFNO2. The monoisotopic (exact) mass is 379 g/mol. The molecule has 0 fully saturated rings. The molecule has 2 N–H and O–H groups in total. The van der Waals surface area contributed by atoms with Crippen LogP contribution in [0.15, 0.2) is 60.7 Å². The van der Waals surface area contributed by atoms with Crippen molar-refractivity contribution in [2.45, 2.75) is 0 Å². The van der Waals surface area contributed by atoms with Gasteiger partial charge in [0.05, 0.1) is 18.2 Å². The fourth-order valence-corrected chi connectivity index (χ4v) is 2.82. The minimum absolute atomic E-state index is 0.378. The molecule has 0 heterocycles. The molecule has 3 rings (SSSR count). The van der Waals surface area contributed by atoms with Gasteiger partial charge in [0, 0.05) is 21.8 Å². The summed E-state index contributed by atoms with van der Waals surface area (Å²) in [4.78, 5) is 11.6. The van der Waals surface area contributed by atoms with Gasteiger partial charge in [-0.05, 0) is 48.0 Å². The normalized spacial score (nSPS) is 10.0. The number of benzene rings is 3. The fraction of sp³-hybridized carbons (Fsp3) is 0.0455. The zero-order valence-corrected chi connectivity index (χ0v) is 15.2. The van der Waals surface area contributed by atoms with Crippen LogP contribution in [0.4, 0.5) is 10.1 Å². The van der Waals surface area contributed by atoms with Crippen molar-refractivity contribution in [1.82, 2.24) is 0 Å². The number of carbonyl (C=O) groups is 1. The van der Waals surface area contributed by atoms with Crippen LogP contribution in [0.2, 0.25) is 5.02 Å². The first kappa shape index (κ1) is 18.5. The number of hydrogen-bond donors (Lipinski definition) is 1. The summed E-state index contributed by atoms with van der Waals surface area (Å²) in [6, 6.07) is 16.5. The summed E-state index contributed by atoms with van der Waals surface area (Å²) >= 11 is 6.33. The van der Waals surface area contributed by atoms with Crippen molar-refractivity contribution < 1.29 is 13.9 Å². The third-order valence-corrected chi connectivity index (χ3v) is 4.23. The molecule has 0 bridgehead atoms. The van der Waals surface area contributed by atoms with E-state index in [0.717, 1.165) is 16.7 Å². The number of anilines is 1. The molecule has 0 spiro atoms. The standard InChI is InChI=1S/C22H15ClFNO2/c1-27-22(26)17-7-9-19(20(23)13-17)15-4-2-3-14(11-15)5-6-16-12-18(24)8-10-21(16)25/h2-4,7-13H,25H2,1H3. The number of ether oxygens (including phenoxy) is 1. The van der Waals surface area contributed by atoms with Crippen molar-refractivity contribution in [3.05, 3.63) is 88.2 Å². The van der Waals surface area contributed by atoms with Crippen molar-refractivity contribution in [3.63, 3.8) is 0 Å². The third kappa shape index (κ3) is 4.28. The first-order chi connectivity index (χ1) is 13.0. The fourth-order valence-electron chi connectivity index (χ4n) is 2.53. The van der Waals surface area contributed by atoms with Crippen molar-refractivity contribution in [2.24, 2.45) is 0 Å². The van der Waals surface area contributed by atoms with E-state index >= 15 is 0 Å². The minimum atomic E-state index is -0.448. The van der Waals surface area contributed by atoms with E-state index in [-0.39, 0.29) is 5.82 Å². The van der Waals surface area contributed by atoms with Crippen LogP contribution in [-0.4, -0.2) is 13.1 Å². The number of hydrogen-bond acceptors (Lipinski definition) is 3. The van der Waals surface area contributed by atoms with E-state index in [4.69, 9.17) is 22.1 Å². The van der Waals surface area contributed by atoms with Crippen molar-refractivity contribution in [2.75, 3.05) is 12.8 Å². The minimum Gasteiger partial charge on any atom is -0.465 e. The number of nitrogens with two attached hydrogens (primary N) is 1. The highest BCUT2D eigenvalue weighted by molar-refractivity contribution is 6.33. The first-order valence-electron chi connectivity index (χ1n) is 8.03. The Kier molecular flexibility index (Phi) is 5.44. The van der Waals surface area contributed by atoms with Crippen molar-refractivity contribution in [3.8, 4) is 23.0 Å². The van der Waals surface area contributed by atoms with Crippen LogP contribution in [0.25, 0.3) is 11.1 Å². The predicted octanol–water partition coefficient (Wildman–Crippen LogP) is 4.91. The second-order valence-corrected chi connectivity index (χ2v) is 6.16. The molecule has 3 aromatic rings. The van der Waals surface area contributed by atoms with Gasteiger partial charge in [-0.2, -0.15) is 0 Å². The Bertz CT molecular complexity index is 1080. The van der Waals surface area contributed by atoms with Gasteiger partial charge in [0.1, 0.15) is 5.82 Å². The number of rotatable bonds is 2. The Morgan fingerprint density at radius 1 is 1.07 bits per heavy atom. The van der Waals surface area contributed by atoms with Gasteiger partial charge in [0.15, 0.2) is 0 Å². The molecule has 0 atom stereocenters. The molecular weight excluding hydrogens is 365 g/mol. The van der Waals surface area contributed by atoms with E-state index in [1.807, 2.05) is 24.3 Å². The highest BCUT2D eigenvalue weighted by Gasteiger charge is 2.10. The van der Waals surface area contributed by atoms with Crippen LogP contribution in [0.3, 0.4) is 0 Å². The van der Waals surface area contributed by atoms with Crippen LogP contribution < -0.4 is 5.73 Å². The van der Waals surface area contributed by atoms with Crippen LogP contribution >= 0.6 is 11.6 Å². The Morgan fingerprint density at radius 3 is 2.63 bits per heavy atom. The third-order valence-electron chi connectivity index (χ3n) is 3.92. The Morgan fingerprint density at radius 2 is 1.89 bits per heavy atom. The lowest BCUT2D eigenvalue weighted by atomic mass is 10.0. The maximum atomic E-state index is 13.3. The molecule has 0 unspecified atom stereocenters. The summed E-state index contributed by atoms with van der Waals surface area (Å²) in [6.07, 6.45) is 0. The molecule has 0 saturated carbocycles. The zero-order valence-electron chi connectivity index (χ0n) is 14.4. The first-order valence-corrected chi connectivity index (χ1v) is 8.41. The number of methoxy groups -OCH3 is 1. The van der Waals surface area contributed by atoms with E-state index in [0.29, 0.717) is 21.8 Å². The van der Waals surface area contributed by atoms with Crippen molar-refractivity contribution in [1.29, 1.82) is 0 Å². The molecule has 0 saturated heterocycles. The second kappa shape index (κ2) is 7.94. The number of carbonyl (C=O) groups excluding carboxylic acids is 1. The molecule has 5 heteroatoms. The van der Waals surface area contributed by atoms with Crippen LogP contribution in [0.5, 0.6) is 0 Å². The average molecular weight is 380 g/mol. The van der Waals surface area contributed by atoms with Gasteiger partial charge in [-0.15, -0.1) is 0 Å². The van der Waals surface area contributed by atoms with E-state index in [1.165, 1.54) is 25.3 Å². The molecule has 27 heavy (non-hydrogen) atoms. The van der Waals surface area contributed by atoms with E-state index < -0.39 is 5.97 Å². The van der Waals surface area contributed by atoms with Gasteiger partial charge in [0.2, 0.25) is 0 Å². The molecule has 0 aliphatic rings. The summed E-state index contributed by atoms with van der Waals surface area (Å²) in [6.45, 7) is 0. The summed E-state index contributed by atoms with van der Waals surface area (Å²) in [5, 5.41) is 0.428. The topological polar surface area (TPSA) is 52.3 Å². The average Bonchev–Trinajstić information content (AvgIpc) is 2.68. The van der Waals surface area contributed by atoms with E-state index in [1.54, 1.807) is 18.2 Å². The van der Waals surface area contributed by atoms with Gasteiger partial charge in [0.25, 0.3) is 0 Å². The molecule has 0 radical (unpaired) electrons. The lowest BCUT2D eigenvalue weighted by molar-refractivity contribution is 0.0601. The van der Waals surface area contributed by atoms with Gasteiger partial charge >= 0.3 is 5.97 Å². The molecule has 0 aliphatic heterocycles. The van der Waals surface area contributed by atoms with Gasteiger partial charge in [-0.25, -0.2) is 9.18 Å². The highest BCUT2D eigenvalue weighted by atomic mass is 35.5. The zero-order chi connectivity index (χ0) is 19.4. The summed E-state index contributed by atoms with van der Waals surface area (Å²) in [5.41, 5.74) is 9.38. The highest BCUT2D eigenvalue weighted by Crippen LogP contribution is 2.29. The van der Waals surface area contributed by atoms with Crippen LogP contribution in [0, 0.1) is 17.7 Å². The summed E-state index contributed by atoms with van der Waals surface area (Å²) < 4.78 is 18.0. The Labute approximate surface area is 161 Å². The van der Waals surface area contributed by atoms with Gasteiger partial charge in [-0.3, -0.25) is 0 Å². The molecule has 0 aliphatic carbocycles. The molecule has 0 aromatic heterocycles. The molecule has 0 amide bonds. The maximum absolute atomic E-state index is 13.3. The molecule has 134 valence electrons. The summed E-state index contributed by atoms with van der Waals surface area (Å²) in [7, 11) is 1.32. The maximum Gasteiger partial charge on any atom is 0.337 e. The molecule has 3 aromatic carbocycles. The van der Waals surface area contributed by atoms with Crippen molar-refractivity contribution >= 4 is 23.3 Å². The second-order valence-electron chi connectivity index (χ2n) is 5.75. The van der Waals surface area contributed by atoms with E-state index in [9.17, 15) is 9.18 Å². The number of nitrogen functional groups attached to an aromatic ring is 1. The van der Waals surface area contributed by atoms with E-state index in [2.05, 4.69) is 11.8 Å².